The van der Waals surface area contributed by atoms with Gasteiger partial charge in [-0.25, -0.2) is 15.2 Å². The predicted molar refractivity (Wildman–Crippen MR) is 84.7 cm³/mol. The number of ether oxygens (including phenoxy) is 1. The number of hydrogen-bond acceptors (Lipinski definition) is 4. The van der Waals surface area contributed by atoms with Gasteiger partial charge in [-0.2, -0.15) is 5.10 Å². The Kier molecular flexibility index (Phi) is 3.54. The number of hydrogen-bond donors (Lipinski definition) is 1. The molecule has 0 bridgehead atoms. The summed E-state index contributed by atoms with van der Waals surface area (Å²) in [6, 6.07) is 2.53. The van der Waals surface area contributed by atoms with Crippen molar-refractivity contribution in [2.45, 2.75) is 38.1 Å². The van der Waals surface area contributed by atoms with E-state index in [2.05, 4.69) is 25.0 Å². The van der Waals surface area contributed by atoms with Crippen LogP contribution >= 0.6 is 0 Å². The molecule has 2 atom stereocenters. The van der Waals surface area contributed by atoms with Crippen LogP contribution in [0.3, 0.4) is 0 Å². The zero-order valence-electron chi connectivity index (χ0n) is 12.8. The molecule has 0 saturated heterocycles. The van der Waals surface area contributed by atoms with Crippen LogP contribution in [0.5, 0.6) is 0 Å². The van der Waals surface area contributed by atoms with Crippen LogP contribution in [0.2, 0.25) is 0 Å². The zero-order chi connectivity index (χ0) is 14.9. The first kappa shape index (κ1) is 13.7. The summed E-state index contributed by atoms with van der Waals surface area (Å²) in [5.41, 5.74) is 2.87. The Morgan fingerprint density at radius 2 is 2.32 bits per heavy atom. The SMILES string of the molecule is COCCCC1CCC(n2[nH]nc3cnc4nccc4c32)C1. The normalized spacial score (nSPS) is 22.0. The molecule has 0 radical (unpaired) electrons. The minimum Gasteiger partial charge on any atom is -0.385 e. The van der Waals surface area contributed by atoms with E-state index in [-0.39, 0.29) is 0 Å². The molecule has 1 N–H and O–H groups in total. The van der Waals surface area contributed by atoms with Crippen molar-refractivity contribution in [2.24, 2.45) is 5.92 Å². The van der Waals surface area contributed by atoms with Crippen molar-refractivity contribution in [3.8, 4) is 0 Å². The lowest BCUT2D eigenvalue weighted by Crippen LogP contribution is -2.08. The maximum Gasteiger partial charge on any atom is 0.161 e. The highest BCUT2D eigenvalue weighted by atomic mass is 16.5. The maximum atomic E-state index is 5.16. The summed E-state index contributed by atoms with van der Waals surface area (Å²) in [5.74, 6) is 0.793. The van der Waals surface area contributed by atoms with Crippen molar-refractivity contribution in [1.82, 2.24) is 25.0 Å². The molecule has 0 aliphatic heterocycles. The first-order valence-corrected chi connectivity index (χ1v) is 8.02. The van der Waals surface area contributed by atoms with E-state index in [0.717, 1.165) is 41.0 Å². The van der Waals surface area contributed by atoms with E-state index in [9.17, 15) is 0 Å². The summed E-state index contributed by atoms with van der Waals surface area (Å²) in [6.07, 6.45) is 9.74. The Morgan fingerprint density at radius 3 is 3.23 bits per heavy atom. The summed E-state index contributed by atoms with van der Waals surface area (Å²) in [4.78, 5) is 8.65. The van der Waals surface area contributed by atoms with Gasteiger partial charge in [0.15, 0.2) is 5.65 Å². The molecule has 22 heavy (non-hydrogen) atoms. The molecule has 3 aromatic rings. The molecule has 3 aromatic heterocycles. The molecule has 2 unspecified atom stereocenters. The molecule has 116 valence electrons. The minimum atomic E-state index is 0.498. The van der Waals surface area contributed by atoms with Gasteiger partial charge >= 0.3 is 0 Å². The highest BCUT2D eigenvalue weighted by Crippen LogP contribution is 2.38. The molecule has 1 aliphatic carbocycles. The molecule has 3 heterocycles. The summed E-state index contributed by atoms with van der Waals surface area (Å²) >= 11 is 0. The predicted octanol–water partition coefficient (Wildman–Crippen LogP) is 3.08. The summed E-state index contributed by atoms with van der Waals surface area (Å²) < 4.78 is 7.40. The number of aromatic amines is 1. The summed E-state index contributed by atoms with van der Waals surface area (Å²) in [7, 11) is 1.78. The number of H-pyrrole nitrogens is 1. The van der Waals surface area contributed by atoms with Crippen molar-refractivity contribution >= 4 is 22.1 Å². The van der Waals surface area contributed by atoms with E-state index in [1.165, 1.54) is 25.7 Å². The van der Waals surface area contributed by atoms with Gasteiger partial charge < -0.3 is 4.74 Å². The number of aromatic nitrogens is 5. The van der Waals surface area contributed by atoms with Crippen molar-refractivity contribution in [3.63, 3.8) is 0 Å². The number of nitrogens with one attached hydrogen (secondary N) is 1. The van der Waals surface area contributed by atoms with Crippen LogP contribution in [-0.4, -0.2) is 38.7 Å². The second-order valence-corrected chi connectivity index (χ2v) is 6.22. The largest absolute Gasteiger partial charge is 0.385 e. The van der Waals surface area contributed by atoms with Gasteiger partial charge in [0.2, 0.25) is 0 Å². The molecule has 4 rings (SSSR count). The van der Waals surface area contributed by atoms with Gasteiger partial charge in [0.05, 0.1) is 17.8 Å². The number of pyridine rings is 1. The van der Waals surface area contributed by atoms with Crippen molar-refractivity contribution in [2.75, 3.05) is 13.7 Å². The highest BCUT2D eigenvalue weighted by Gasteiger charge is 2.27. The average Bonchev–Trinajstić information content (AvgIpc) is 3.25. The van der Waals surface area contributed by atoms with E-state index >= 15 is 0 Å². The fourth-order valence-electron chi connectivity index (χ4n) is 3.75. The van der Waals surface area contributed by atoms with Crippen LogP contribution in [0.15, 0.2) is 18.5 Å². The Hall–Kier alpha value is -1.95. The van der Waals surface area contributed by atoms with Crippen LogP contribution in [0, 0.1) is 5.92 Å². The third-order valence-corrected chi connectivity index (χ3v) is 4.84. The number of rotatable bonds is 5. The zero-order valence-corrected chi connectivity index (χ0v) is 12.8. The highest BCUT2D eigenvalue weighted by molar-refractivity contribution is 6.00. The van der Waals surface area contributed by atoms with Gasteiger partial charge in [0.1, 0.15) is 5.52 Å². The fourth-order valence-corrected chi connectivity index (χ4v) is 3.75. The molecule has 0 spiro atoms. The van der Waals surface area contributed by atoms with E-state index in [1.807, 2.05) is 18.5 Å². The van der Waals surface area contributed by atoms with Gasteiger partial charge in [-0.3, -0.25) is 4.68 Å². The van der Waals surface area contributed by atoms with Gasteiger partial charge in [-0.15, -0.1) is 0 Å². The summed E-state index contributed by atoms with van der Waals surface area (Å²) in [6.45, 7) is 0.868. The molecule has 1 fully saturated rings. The van der Waals surface area contributed by atoms with E-state index < -0.39 is 0 Å². The first-order chi connectivity index (χ1) is 10.9. The third kappa shape index (κ3) is 2.27. The molecule has 6 nitrogen and oxygen atoms in total. The Bertz CT molecular complexity index is 777. The molecule has 6 heteroatoms. The van der Waals surface area contributed by atoms with Crippen LogP contribution in [0.1, 0.15) is 38.1 Å². The summed E-state index contributed by atoms with van der Waals surface area (Å²) in [5, 5.41) is 8.71. The molecule has 0 aromatic carbocycles. The molecular formula is C16H21N5O. The Morgan fingerprint density at radius 1 is 1.36 bits per heavy atom. The molecule has 0 amide bonds. The topological polar surface area (TPSA) is 68.6 Å². The molecular weight excluding hydrogens is 278 g/mol. The van der Waals surface area contributed by atoms with Crippen LogP contribution in [-0.2, 0) is 4.74 Å². The van der Waals surface area contributed by atoms with Gasteiger partial charge in [-0.05, 0) is 44.1 Å². The van der Waals surface area contributed by atoms with E-state index in [0.29, 0.717) is 6.04 Å². The molecule has 1 aliphatic rings. The third-order valence-electron chi connectivity index (χ3n) is 4.84. The molecule has 1 saturated carbocycles. The van der Waals surface area contributed by atoms with Gasteiger partial charge in [-0.1, -0.05) is 0 Å². The van der Waals surface area contributed by atoms with Crippen molar-refractivity contribution in [1.29, 1.82) is 0 Å². The lowest BCUT2D eigenvalue weighted by atomic mass is 10.0. The van der Waals surface area contributed by atoms with Crippen LogP contribution < -0.4 is 0 Å². The average molecular weight is 299 g/mol. The Labute approximate surface area is 128 Å². The smallest absolute Gasteiger partial charge is 0.161 e. The quantitative estimate of drug-likeness (QED) is 0.735. The van der Waals surface area contributed by atoms with Crippen LogP contribution in [0.25, 0.3) is 22.1 Å². The van der Waals surface area contributed by atoms with Crippen LogP contribution in [0.4, 0.5) is 0 Å². The number of fused-ring (bicyclic) bond motifs is 3. The van der Waals surface area contributed by atoms with Crippen molar-refractivity contribution < 1.29 is 4.74 Å². The Balaban J connectivity index is 1.60. The number of nitrogens with zero attached hydrogens (tertiary/aromatic N) is 4. The van der Waals surface area contributed by atoms with Gasteiger partial charge in [0.25, 0.3) is 0 Å². The van der Waals surface area contributed by atoms with Crippen molar-refractivity contribution in [3.05, 3.63) is 18.5 Å². The second-order valence-electron chi connectivity index (χ2n) is 6.22. The minimum absolute atomic E-state index is 0.498. The monoisotopic (exact) mass is 299 g/mol. The lowest BCUT2D eigenvalue weighted by Gasteiger charge is -2.13. The second kappa shape index (κ2) is 5.68. The maximum absolute atomic E-state index is 5.16. The number of methoxy groups -OCH3 is 1. The van der Waals surface area contributed by atoms with Gasteiger partial charge in [0, 0.05) is 25.3 Å². The first-order valence-electron chi connectivity index (χ1n) is 8.02. The van der Waals surface area contributed by atoms with E-state index in [1.54, 1.807) is 7.11 Å². The lowest BCUT2D eigenvalue weighted by molar-refractivity contribution is 0.186. The van der Waals surface area contributed by atoms with E-state index in [4.69, 9.17) is 4.74 Å². The fraction of sp³-hybridized carbons (Fsp3) is 0.562. The standard InChI is InChI=1S/C16H21N5O/c1-22-8-2-3-11-4-5-12(9-11)21-15-13-6-7-17-16(13)18-10-14(15)19-20-21/h6-7,10-12,20H,2-5,8-9H2,1H3.